The Hall–Kier alpha value is -0.550. The molecular weight excluding hydrogens is 186 g/mol. The van der Waals surface area contributed by atoms with Crippen LogP contribution in [0.5, 0.6) is 0 Å². The molecule has 0 aliphatic carbocycles. The molecule has 5 heteroatoms. The van der Waals surface area contributed by atoms with Crippen LogP contribution in [0, 0.1) is 0 Å². The van der Waals surface area contributed by atoms with Gasteiger partial charge < -0.3 is 4.74 Å². The fourth-order valence-electron chi connectivity index (χ4n) is 1.42. The van der Waals surface area contributed by atoms with E-state index in [4.69, 9.17) is 4.74 Å². The van der Waals surface area contributed by atoms with E-state index >= 15 is 0 Å². The normalized spacial score (nSPS) is 28.1. The lowest BCUT2D eigenvalue weighted by atomic mass is 10.3. The van der Waals surface area contributed by atoms with E-state index in [-0.39, 0.29) is 0 Å². The summed E-state index contributed by atoms with van der Waals surface area (Å²) in [5.41, 5.74) is 1.02. The maximum absolute atomic E-state index is 5.47. The first-order valence-corrected chi connectivity index (χ1v) is 5.49. The second-order valence-corrected chi connectivity index (χ2v) is 4.40. The summed E-state index contributed by atoms with van der Waals surface area (Å²) in [6, 6.07) is 0. The van der Waals surface area contributed by atoms with Crippen molar-refractivity contribution in [2.75, 3.05) is 6.61 Å². The largest absolute Gasteiger partial charge is 0.377 e. The highest BCUT2D eigenvalue weighted by Gasteiger charge is 2.24. The van der Waals surface area contributed by atoms with Crippen molar-refractivity contribution in [1.29, 1.82) is 0 Å². The molecule has 1 aromatic heterocycles. The lowest BCUT2D eigenvalue weighted by molar-refractivity contribution is 0.127. The van der Waals surface area contributed by atoms with Crippen LogP contribution in [0.25, 0.3) is 0 Å². The molecular formula is C8H13N3OS. The van der Waals surface area contributed by atoms with Crippen molar-refractivity contribution < 1.29 is 4.74 Å². The summed E-state index contributed by atoms with van der Waals surface area (Å²) in [6.07, 6.45) is 3.31. The summed E-state index contributed by atoms with van der Waals surface area (Å²) < 4.78 is 5.47. The molecule has 0 saturated carbocycles. The number of aromatic nitrogens is 3. The number of hydrogen-bond acceptors (Lipinski definition) is 4. The van der Waals surface area contributed by atoms with E-state index in [0.29, 0.717) is 11.4 Å². The first-order valence-electron chi connectivity index (χ1n) is 4.44. The highest BCUT2D eigenvalue weighted by atomic mass is 32.2. The fraction of sp³-hybridized carbons (Fsp3) is 0.750. The van der Waals surface area contributed by atoms with Crippen molar-refractivity contribution in [2.45, 2.75) is 30.5 Å². The van der Waals surface area contributed by atoms with Crippen LogP contribution in [0.1, 0.15) is 19.0 Å². The third kappa shape index (κ3) is 2.22. The highest BCUT2D eigenvalue weighted by Crippen LogP contribution is 2.28. The van der Waals surface area contributed by atoms with E-state index < -0.39 is 0 Å². The summed E-state index contributed by atoms with van der Waals surface area (Å²) >= 11 is 1.90. The minimum atomic E-state index is 0.386. The molecule has 1 aliphatic heterocycles. The van der Waals surface area contributed by atoms with Crippen molar-refractivity contribution in [3.8, 4) is 0 Å². The van der Waals surface area contributed by atoms with Crippen LogP contribution in [-0.4, -0.2) is 33.4 Å². The highest BCUT2D eigenvalue weighted by molar-refractivity contribution is 7.99. The maximum atomic E-state index is 5.47. The Morgan fingerprint density at radius 2 is 2.69 bits per heavy atom. The molecule has 1 aliphatic rings. The second-order valence-electron chi connectivity index (χ2n) is 3.18. The number of nitrogens with one attached hydrogen (secondary N) is 1. The predicted octanol–water partition coefficient (Wildman–Crippen LogP) is 1.22. The SMILES string of the molecule is CC1OCCC1SCc1cn[nH]n1. The molecule has 1 N–H and O–H groups in total. The standard InChI is InChI=1S/C8H13N3OS/c1-6-8(2-3-12-6)13-5-7-4-9-11-10-7/h4,6,8H,2-3,5H2,1H3,(H,9,10,11). The van der Waals surface area contributed by atoms with Gasteiger partial charge in [-0.15, -0.1) is 11.8 Å². The van der Waals surface area contributed by atoms with Crippen LogP contribution in [0.3, 0.4) is 0 Å². The van der Waals surface area contributed by atoms with Gasteiger partial charge >= 0.3 is 0 Å². The van der Waals surface area contributed by atoms with Gasteiger partial charge in [-0.2, -0.15) is 15.4 Å². The smallest absolute Gasteiger partial charge is 0.0923 e. The fourth-order valence-corrected chi connectivity index (χ4v) is 2.55. The van der Waals surface area contributed by atoms with Crippen molar-refractivity contribution in [1.82, 2.24) is 15.4 Å². The van der Waals surface area contributed by atoms with Gasteiger partial charge in [0.25, 0.3) is 0 Å². The summed E-state index contributed by atoms with van der Waals surface area (Å²) in [5.74, 6) is 0.925. The summed E-state index contributed by atoms with van der Waals surface area (Å²) in [5, 5.41) is 11.0. The van der Waals surface area contributed by atoms with Crippen LogP contribution >= 0.6 is 11.8 Å². The monoisotopic (exact) mass is 199 g/mol. The Labute approximate surface area is 81.4 Å². The number of hydrogen-bond donors (Lipinski definition) is 1. The molecule has 1 aromatic rings. The second kappa shape index (κ2) is 4.11. The van der Waals surface area contributed by atoms with Gasteiger partial charge in [0.2, 0.25) is 0 Å². The number of aromatic amines is 1. The topological polar surface area (TPSA) is 50.8 Å². The maximum Gasteiger partial charge on any atom is 0.0923 e. The van der Waals surface area contributed by atoms with E-state index in [1.807, 2.05) is 11.8 Å². The van der Waals surface area contributed by atoms with Gasteiger partial charge in [0.05, 0.1) is 18.0 Å². The molecule has 4 nitrogen and oxygen atoms in total. The van der Waals surface area contributed by atoms with Crippen LogP contribution in [0.4, 0.5) is 0 Å². The first-order chi connectivity index (χ1) is 6.36. The molecule has 0 spiro atoms. The lowest BCUT2D eigenvalue weighted by Gasteiger charge is -2.11. The number of thioether (sulfide) groups is 1. The molecule has 72 valence electrons. The van der Waals surface area contributed by atoms with E-state index in [1.165, 1.54) is 0 Å². The average molecular weight is 199 g/mol. The van der Waals surface area contributed by atoms with Crippen LogP contribution in [0.2, 0.25) is 0 Å². The van der Waals surface area contributed by atoms with Crippen molar-refractivity contribution in [3.63, 3.8) is 0 Å². The van der Waals surface area contributed by atoms with E-state index in [2.05, 4.69) is 22.3 Å². The van der Waals surface area contributed by atoms with Gasteiger partial charge in [-0.25, -0.2) is 0 Å². The zero-order chi connectivity index (χ0) is 9.10. The van der Waals surface area contributed by atoms with Gasteiger partial charge in [0, 0.05) is 17.6 Å². The molecule has 0 radical (unpaired) electrons. The average Bonchev–Trinajstić information content (AvgIpc) is 2.72. The molecule has 2 heterocycles. The third-order valence-electron chi connectivity index (χ3n) is 2.22. The van der Waals surface area contributed by atoms with Gasteiger partial charge in [0.1, 0.15) is 0 Å². The molecule has 1 saturated heterocycles. The quantitative estimate of drug-likeness (QED) is 0.795. The van der Waals surface area contributed by atoms with Crippen molar-refractivity contribution >= 4 is 11.8 Å². The lowest BCUT2D eigenvalue weighted by Crippen LogP contribution is -2.13. The number of nitrogens with zero attached hydrogens (tertiary/aromatic N) is 2. The zero-order valence-corrected chi connectivity index (χ0v) is 8.38. The Kier molecular flexibility index (Phi) is 2.85. The minimum Gasteiger partial charge on any atom is -0.377 e. The number of rotatable bonds is 3. The molecule has 0 bridgehead atoms. The number of ether oxygens (including phenoxy) is 1. The van der Waals surface area contributed by atoms with E-state index in [9.17, 15) is 0 Å². The summed E-state index contributed by atoms with van der Waals surface area (Å²) in [4.78, 5) is 0. The van der Waals surface area contributed by atoms with Gasteiger partial charge in [-0.05, 0) is 13.3 Å². The Morgan fingerprint density at radius 1 is 1.77 bits per heavy atom. The van der Waals surface area contributed by atoms with Crippen molar-refractivity contribution in [3.05, 3.63) is 11.9 Å². The molecule has 0 aromatic carbocycles. The Balaban J connectivity index is 1.79. The predicted molar refractivity (Wildman–Crippen MR) is 51.5 cm³/mol. The third-order valence-corrected chi connectivity index (χ3v) is 3.73. The molecule has 2 atom stereocenters. The summed E-state index contributed by atoms with van der Waals surface area (Å²) in [7, 11) is 0. The van der Waals surface area contributed by atoms with E-state index in [1.54, 1.807) is 6.20 Å². The van der Waals surface area contributed by atoms with Crippen molar-refractivity contribution in [2.24, 2.45) is 0 Å². The molecule has 13 heavy (non-hydrogen) atoms. The minimum absolute atomic E-state index is 0.386. The number of H-pyrrole nitrogens is 1. The van der Waals surface area contributed by atoms with E-state index in [0.717, 1.165) is 24.5 Å². The Bertz CT molecular complexity index is 252. The molecule has 2 unspecified atom stereocenters. The zero-order valence-electron chi connectivity index (χ0n) is 7.56. The molecule has 1 fully saturated rings. The Morgan fingerprint density at radius 3 is 3.31 bits per heavy atom. The molecule has 2 rings (SSSR count). The van der Waals surface area contributed by atoms with Crippen LogP contribution in [0.15, 0.2) is 6.20 Å². The van der Waals surface area contributed by atoms with Gasteiger partial charge in [-0.3, -0.25) is 0 Å². The van der Waals surface area contributed by atoms with Gasteiger partial charge in [-0.1, -0.05) is 0 Å². The van der Waals surface area contributed by atoms with Gasteiger partial charge in [0.15, 0.2) is 0 Å². The molecule has 0 amide bonds. The van der Waals surface area contributed by atoms with Crippen LogP contribution in [-0.2, 0) is 10.5 Å². The van der Waals surface area contributed by atoms with Crippen LogP contribution < -0.4 is 0 Å². The summed E-state index contributed by atoms with van der Waals surface area (Å²) in [6.45, 7) is 3.03. The first kappa shape index (κ1) is 9.02.